The molecule has 1 aliphatic heterocycles. The molecule has 0 aromatic heterocycles. The second-order valence-electron chi connectivity index (χ2n) is 3.20. The molecule has 1 aliphatic rings. The van der Waals surface area contributed by atoms with Gasteiger partial charge in [0.25, 0.3) is 0 Å². The molecule has 2 nitrogen and oxygen atoms in total. The number of benzene rings is 1. The van der Waals surface area contributed by atoms with Crippen LogP contribution < -0.4 is 5.32 Å². The lowest BCUT2D eigenvalue weighted by Gasteiger charge is -2.06. The molecule has 0 radical (unpaired) electrons. The Bertz CT molecular complexity index is 365. The molecular formula is C10H11IN2S. The van der Waals surface area contributed by atoms with E-state index < -0.39 is 0 Å². The van der Waals surface area contributed by atoms with E-state index in [-0.39, 0.29) is 0 Å². The summed E-state index contributed by atoms with van der Waals surface area (Å²) in [5.41, 5.74) is 1.15. The largest absolute Gasteiger partial charge is 0.334 e. The maximum atomic E-state index is 4.49. The molecule has 1 aromatic rings. The Balaban J connectivity index is 2.12. The molecule has 1 N–H and O–H groups in total. The standard InChI is InChI=1S/C10H11IN2S/c1-7-6-14-10(12-7)13-9-5-3-2-4-8(9)11/h2-5,7H,6H2,1H3,(H,12,13). The summed E-state index contributed by atoms with van der Waals surface area (Å²) in [6, 6.07) is 8.69. The van der Waals surface area contributed by atoms with E-state index in [4.69, 9.17) is 0 Å². The Morgan fingerprint density at radius 2 is 2.29 bits per heavy atom. The zero-order valence-electron chi connectivity index (χ0n) is 7.83. The van der Waals surface area contributed by atoms with Gasteiger partial charge in [-0.25, -0.2) is 0 Å². The summed E-state index contributed by atoms with van der Waals surface area (Å²) in [4.78, 5) is 4.49. The molecule has 0 fully saturated rings. The Hall–Kier alpha value is -0.230. The first-order chi connectivity index (χ1) is 6.75. The Morgan fingerprint density at radius 3 is 2.93 bits per heavy atom. The van der Waals surface area contributed by atoms with Crippen LogP contribution in [-0.4, -0.2) is 17.0 Å². The van der Waals surface area contributed by atoms with E-state index >= 15 is 0 Å². The first-order valence-corrected chi connectivity index (χ1v) is 6.54. The third-order valence-corrected chi connectivity index (χ3v) is 3.99. The highest BCUT2D eigenvalue weighted by Gasteiger charge is 2.14. The van der Waals surface area contributed by atoms with Crippen molar-refractivity contribution in [2.75, 3.05) is 11.1 Å². The van der Waals surface area contributed by atoms with E-state index in [0.29, 0.717) is 6.04 Å². The zero-order chi connectivity index (χ0) is 9.97. The lowest BCUT2D eigenvalue weighted by atomic mass is 10.3. The molecule has 0 aliphatic carbocycles. The number of rotatable bonds is 1. The molecule has 0 bridgehead atoms. The number of nitrogens with zero attached hydrogens (tertiary/aromatic N) is 1. The van der Waals surface area contributed by atoms with Crippen LogP contribution in [0.1, 0.15) is 6.92 Å². The summed E-state index contributed by atoms with van der Waals surface area (Å²) in [6.07, 6.45) is 0. The minimum atomic E-state index is 0.448. The SMILES string of the molecule is CC1CSC(Nc2ccccc2I)=N1. The number of anilines is 1. The Morgan fingerprint density at radius 1 is 1.50 bits per heavy atom. The van der Waals surface area contributed by atoms with Gasteiger partial charge >= 0.3 is 0 Å². The van der Waals surface area contributed by atoms with Crippen molar-refractivity contribution in [1.82, 2.24) is 0 Å². The van der Waals surface area contributed by atoms with Crippen molar-refractivity contribution in [3.05, 3.63) is 27.8 Å². The first kappa shape index (κ1) is 10.3. The minimum absolute atomic E-state index is 0.448. The van der Waals surface area contributed by atoms with E-state index in [9.17, 15) is 0 Å². The number of hydrogen-bond donors (Lipinski definition) is 1. The van der Waals surface area contributed by atoms with E-state index in [1.807, 2.05) is 12.1 Å². The van der Waals surface area contributed by atoms with Gasteiger partial charge in [0.1, 0.15) is 0 Å². The molecule has 2 rings (SSSR count). The zero-order valence-corrected chi connectivity index (χ0v) is 10.8. The molecule has 74 valence electrons. The highest BCUT2D eigenvalue weighted by Crippen LogP contribution is 2.22. The summed E-state index contributed by atoms with van der Waals surface area (Å²) in [5, 5.41) is 4.39. The third kappa shape index (κ3) is 2.42. The van der Waals surface area contributed by atoms with Gasteiger partial charge in [0.2, 0.25) is 0 Å². The molecular weight excluding hydrogens is 307 g/mol. The van der Waals surface area contributed by atoms with Crippen molar-refractivity contribution < 1.29 is 0 Å². The number of nitrogens with one attached hydrogen (secondary N) is 1. The van der Waals surface area contributed by atoms with Gasteiger partial charge < -0.3 is 5.32 Å². The molecule has 0 spiro atoms. The monoisotopic (exact) mass is 318 g/mol. The van der Waals surface area contributed by atoms with Crippen molar-refractivity contribution in [2.24, 2.45) is 4.99 Å². The van der Waals surface area contributed by atoms with Crippen molar-refractivity contribution in [3.8, 4) is 0 Å². The smallest absolute Gasteiger partial charge is 0.161 e. The minimum Gasteiger partial charge on any atom is -0.334 e. The van der Waals surface area contributed by atoms with Gasteiger partial charge in [0, 0.05) is 9.32 Å². The van der Waals surface area contributed by atoms with Gasteiger partial charge in [0.15, 0.2) is 5.17 Å². The average Bonchev–Trinajstić information content (AvgIpc) is 2.56. The fourth-order valence-electron chi connectivity index (χ4n) is 1.22. The van der Waals surface area contributed by atoms with E-state index in [2.05, 4.69) is 52.0 Å². The number of para-hydroxylation sites is 1. The normalized spacial score (nSPS) is 20.7. The van der Waals surface area contributed by atoms with Crippen LogP contribution in [0.15, 0.2) is 29.3 Å². The molecule has 0 saturated heterocycles. The molecule has 4 heteroatoms. The van der Waals surface area contributed by atoms with Crippen LogP contribution in [0.25, 0.3) is 0 Å². The maximum Gasteiger partial charge on any atom is 0.161 e. The first-order valence-electron chi connectivity index (χ1n) is 4.48. The van der Waals surface area contributed by atoms with Crippen LogP contribution in [0, 0.1) is 3.57 Å². The number of halogens is 1. The van der Waals surface area contributed by atoms with Crippen LogP contribution in [0.3, 0.4) is 0 Å². The van der Waals surface area contributed by atoms with Gasteiger partial charge in [0.05, 0.1) is 11.7 Å². The predicted molar refractivity (Wildman–Crippen MR) is 72.1 cm³/mol. The second-order valence-corrected chi connectivity index (χ2v) is 5.37. The number of hydrogen-bond acceptors (Lipinski definition) is 3. The molecule has 0 saturated carbocycles. The van der Waals surface area contributed by atoms with Crippen molar-refractivity contribution in [3.63, 3.8) is 0 Å². The quantitative estimate of drug-likeness (QED) is 0.804. The van der Waals surface area contributed by atoms with Gasteiger partial charge in [-0.1, -0.05) is 23.9 Å². The molecule has 1 aromatic carbocycles. The van der Waals surface area contributed by atoms with Crippen molar-refractivity contribution >= 4 is 45.2 Å². The summed E-state index contributed by atoms with van der Waals surface area (Å²) >= 11 is 4.11. The fourth-order valence-corrected chi connectivity index (χ4v) is 2.65. The highest BCUT2D eigenvalue weighted by atomic mass is 127. The highest BCUT2D eigenvalue weighted by molar-refractivity contribution is 14.1. The number of aliphatic imine (C=N–C) groups is 1. The lowest BCUT2D eigenvalue weighted by molar-refractivity contribution is 0.865. The average molecular weight is 318 g/mol. The van der Waals surface area contributed by atoms with Crippen molar-refractivity contribution in [2.45, 2.75) is 13.0 Å². The second kappa shape index (κ2) is 4.53. The summed E-state index contributed by atoms with van der Waals surface area (Å²) in [6.45, 7) is 2.14. The molecule has 1 heterocycles. The van der Waals surface area contributed by atoms with Crippen LogP contribution in [0.4, 0.5) is 5.69 Å². The van der Waals surface area contributed by atoms with Crippen molar-refractivity contribution in [1.29, 1.82) is 0 Å². The van der Waals surface area contributed by atoms with Crippen LogP contribution in [-0.2, 0) is 0 Å². The summed E-state index contributed by atoms with van der Waals surface area (Å²) in [5.74, 6) is 1.09. The van der Waals surface area contributed by atoms with Crippen LogP contribution >= 0.6 is 34.4 Å². The third-order valence-electron chi connectivity index (χ3n) is 1.91. The Kier molecular flexibility index (Phi) is 3.33. The maximum absolute atomic E-state index is 4.49. The topological polar surface area (TPSA) is 24.4 Å². The van der Waals surface area contributed by atoms with Crippen LogP contribution in [0.2, 0.25) is 0 Å². The van der Waals surface area contributed by atoms with E-state index in [0.717, 1.165) is 16.6 Å². The van der Waals surface area contributed by atoms with Gasteiger partial charge in [-0.15, -0.1) is 0 Å². The fraction of sp³-hybridized carbons (Fsp3) is 0.300. The molecule has 1 atom stereocenters. The number of amidine groups is 1. The van der Waals surface area contributed by atoms with Gasteiger partial charge in [-0.3, -0.25) is 4.99 Å². The van der Waals surface area contributed by atoms with E-state index in [1.165, 1.54) is 3.57 Å². The molecule has 0 amide bonds. The number of thioether (sulfide) groups is 1. The lowest BCUT2D eigenvalue weighted by Crippen LogP contribution is -2.06. The van der Waals surface area contributed by atoms with Gasteiger partial charge in [-0.2, -0.15) is 0 Å². The Labute approximate surface area is 102 Å². The van der Waals surface area contributed by atoms with Gasteiger partial charge in [-0.05, 0) is 41.6 Å². The van der Waals surface area contributed by atoms with Crippen LogP contribution in [0.5, 0.6) is 0 Å². The molecule has 14 heavy (non-hydrogen) atoms. The molecule has 1 unspecified atom stereocenters. The summed E-state index contributed by atoms with van der Waals surface area (Å²) in [7, 11) is 0. The predicted octanol–water partition coefficient (Wildman–Crippen LogP) is 3.19. The van der Waals surface area contributed by atoms with E-state index in [1.54, 1.807) is 11.8 Å². The summed E-state index contributed by atoms with van der Waals surface area (Å²) < 4.78 is 1.23.